The van der Waals surface area contributed by atoms with Crippen molar-refractivity contribution in [1.29, 1.82) is 0 Å². The lowest BCUT2D eigenvalue weighted by Crippen LogP contribution is -2.23. The molecule has 1 aromatic carbocycles. The SMILES string of the molecule is CCNC(=O)c1nn(-c2ccc(N)cc2)cc1OC. The Labute approximate surface area is 111 Å². The van der Waals surface area contributed by atoms with Crippen LogP contribution in [0.1, 0.15) is 17.4 Å². The summed E-state index contributed by atoms with van der Waals surface area (Å²) in [6.07, 6.45) is 1.66. The van der Waals surface area contributed by atoms with Gasteiger partial charge in [-0.3, -0.25) is 4.79 Å². The van der Waals surface area contributed by atoms with Crippen LogP contribution in [-0.2, 0) is 0 Å². The van der Waals surface area contributed by atoms with Gasteiger partial charge in [0.15, 0.2) is 11.4 Å². The van der Waals surface area contributed by atoms with Crippen molar-refractivity contribution in [2.75, 3.05) is 19.4 Å². The summed E-state index contributed by atoms with van der Waals surface area (Å²) in [6, 6.07) is 7.19. The molecule has 100 valence electrons. The Morgan fingerprint density at radius 3 is 2.68 bits per heavy atom. The number of anilines is 1. The molecule has 1 heterocycles. The minimum absolute atomic E-state index is 0.256. The number of methoxy groups -OCH3 is 1. The standard InChI is InChI=1S/C13H16N4O2/c1-3-15-13(18)12-11(19-2)8-17(16-12)10-6-4-9(14)5-7-10/h4-8H,3,14H2,1-2H3,(H,15,18). The van der Waals surface area contributed by atoms with Crippen molar-refractivity contribution in [1.82, 2.24) is 15.1 Å². The molecule has 3 N–H and O–H groups in total. The van der Waals surface area contributed by atoms with Crippen LogP contribution in [0.25, 0.3) is 5.69 Å². The highest BCUT2D eigenvalue weighted by molar-refractivity contribution is 5.94. The van der Waals surface area contributed by atoms with Crippen LogP contribution in [0.5, 0.6) is 5.75 Å². The summed E-state index contributed by atoms with van der Waals surface area (Å²) in [6.45, 7) is 2.39. The Kier molecular flexibility index (Phi) is 3.70. The lowest BCUT2D eigenvalue weighted by Gasteiger charge is -2.01. The maximum absolute atomic E-state index is 11.8. The molecule has 0 aliphatic heterocycles. The summed E-state index contributed by atoms with van der Waals surface area (Å²) in [4.78, 5) is 11.8. The number of nitrogens with two attached hydrogens (primary N) is 1. The number of hydrogen-bond donors (Lipinski definition) is 2. The molecule has 0 aliphatic carbocycles. The molecule has 0 spiro atoms. The van der Waals surface area contributed by atoms with Crippen LogP contribution in [0, 0.1) is 0 Å². The molecular weight excluding hydrogens is 244 g/mol. The molecule has 6 nitrogen and oxygen atoms in total. The molecule has 0 unspecified atom stereocenters. The molecule has 0 saturated heterocycles. The van der Waals surface area contributed by atoms with Gasteiger partial charge in [0, 0.05) is 12.2 Å². The summed E-state index contributed by atoms with van der Waals surface area (Å²) in [5.74, 6) is 0.177. The third-order valence-corrected chi connectivity index (χ3v) is 2.61. The summed E-state index contributed by atoms with van der Waals surface area (Å²) in [5, 5.41) is 6.93. The Balaban J connectivity index is 2.38. The molecule has 0 bridgehead atoms. The van der Waals surface area contributed by atoms with Gasteiger partial charge in [-0.15, -0.1) is 0 Å². The van der Waals surface area contributed by atoms with E-state index in [-0.39, 0.29) is 11.6 Å². The van der Waals surface area contributed by atoms with E-state index in [0.29, 0.717) is 18.0 Å². The van der Waals surface area contributed by atoms with Crippen molar-refractivity contribution in [2.45, 2.75) is 6.92 Å². The van der Waals surface area contributed by atoms with Crippen LogP contribution in [-0.4, -0.2) is 29.3 Å². The van der Waals surface area contributed by atoms with Gasteiger partial charge >= 0.3 is 0 Å². The van der Waals surface area contributed by atoms with Gasteiger partial charge in [0.25, 0.3) is 5.91 Å². The smallest absolute Gasteiger partial charge is 0.275 e. The first kappa shape index (κ1) is 12.9. The van der Waals surface area contributed by atoms with Gasteiger partial charge in [-0.05, 0) is 31.2 Å². The van der Waals surface area contributed by atoms with Gasteiger partial charge in [-0.25, -0.2) is 4.68 Å². The second-order valence-corrected chi connectivity index (χ2v) is 3.94. The minimum atomic E-state index is -0.256. The van der Waals surface area contributed by atoms with Crippen LogP contribution in [0.15, 0.2) is 30.5 Å². The van der Waals surface area contributed by atoms with Crippen molar-refractivity contribution in [3.63, 3.8) is 0 Å². The highest BCUT2D eigenvalue weighted by atomic mass is 16.5. The molecule has 2 rings (SSSR count). The first-order valence-corrected chi connectivity index (χ1v) is 5.93. The first-order valence-electron chi connectivity index (χ1n) is 5.93. The molecule has 1 amide bonds. The number of amides is 1. The van der Waals surface area contributed by atoms with Crippen molar-refractivity contribution in [3.05, 3.63) is 36.2 Å². The van der Waals surface area contributed by atoms with Crippen LogP contribution < -0.4 is 15.8 Å². The molecule has 0 aliphatic rings. The highest BCUT2D eigenvalue weighted by Crippen LogP contribution is 2.19. The van der Waals surface area contributed by atoms with Crippen LogP contribution in [0.3, 0.4) is 0 Å². The number of rotatable bonds is 4. The van der Waals surface area contributed by atoms with E-state index in [9.17, 15) is 4.79 Å². The summed E-state index contributed by atoms with van der Waals surface area (Å²) >= 11 is 0. The zero-order chi connectivity index (χ0) is 13.8. The van der Waals surface area contributed by atoms with Gasteiger partial charge < -0.3 is 15.8 Å². The van der Waals surface area contributed by atoms with Crippen molar-refractivity contribution in [2.24, 2.45) is 0 Å². The summed E-state index contributed by atoms with van der Waals surface area (Å²) in [7, 11) is 1.51. The second kappa shape index (κ2) is 5.43. The Hall–Kier alpha value is -2.50. The fourth-order valence-corrected chi connectivity index (χ4v) is 1.67. The van der Waals surface area contributed by atoms with Crippen LogP contribution >= 0.6 is 0 Å². The number of benzene rings is 1. The normalized spacial score (nSPS) is 10.2. The average Bonchev–Trinajstić information content (AvgIpc) is 2.84. The van der Waals surface area contributed by atoms with Crippen molar-refractivity contribution in [3.8, 4) is 11.4 Å². The number of hydrogen-bond acceptors (Lipinski definition) is 4. The number of nitrogens with one attached hydrogen (secondary N) is 1. The predicted octanol–water partition coefficient (Wildman–Crippen LogP) is 1.21. The monoisotopic (exact) mass is 260 g/mol. The fraction of sp³-hybridized carbons (Fsp3) is 0.231. The lowest BCUT2D eigenvalue weighted by molar-refractivity contribution is 0.0947. The molecule has 0 fully saturated rings. The van der Waals surface area contributed by atoms with Gasteiger partial charge in [-0.1, -0.05) is 0 Å². The van der Waals surface area contributed by atoms with E-state index in [0.717, 1.165) is 5.69 Å². The molecule has 0 atom stereocenters. The number of nitrogens with zero attached hydrogens (tertiary/aromatic N) is 2. The summed E-state index contributed by atoms with van der Waals surface area (Å²) in [5.41, 5.74) is 7.38. The van der Waals surface area contributed by atoms with Gasteiger partial charge in [0.2, 0.25) is 0 Å². The maximum Gasteiger partial charge on any atom is 0.275 e. The fourth-order valence-electron chi connectivity index (χ4n) is 1.67. The zero-order valence-electron chi connectivity index (χ0n) is 10.9. The van der Waals surface area contributed by atoms with E-state index in [4.69, 9.17) is 10.5 Å². The Morgan fingerprint density at radius 2 is 2.11 bits per heavy atom. The Bertz CT molecular complexity index is 575. The molecule has 2 aromatic rings. The number of nitrogen functional groups attached to an aromatic ring is 1. The van der Waals surface area contributed by atoms with E-state index in [1.165, 1.54) is 7.11 Å². The number of carbonyl (C=O) groups is 1. The average molecular weight is 260 g/mol. The van der Waals surface area contributed by atoms with Crippen LogP contribution in [0.4, 0.5) is 5.69 Å². The maximum atomic E-state index is 11.8. The van der Waals surface area contributed by atoms with E-state index in [2.05, 4.69) is 10.4 Å². The zero-order valence-corrected chi connectivity index (χ0v) is 10.9. The van der Waals surface area contributed by atoms with Crippen LogP contribution in [0.2, 0.25) is 0 Å². The van der Waals surface area contributed by atoms with E-state index >= 15 is 0 Å². The molecule has 19 heavy (non-hydrogen) atoms. The van der Waals surface area contributed by atoms with E-state index in [1.807, 2.05) is 19.1 Å². The van der Waals surface area contributed by atoms with E-state index in [1.54, 1.807) is 23.0 Å². The number of aromatic nitrogens is 2. The molecular formula is C13H16N4O2. The molecule has 6 heteroatoms. The highest BCUT2D eigenvalue weighted by Gasteiger charge is 2.17. The van der Waals surface area contributed by atoms with Gasteiger partial charge in [-0.2, -0.15) is 5.10 Å². The van der Waals surface area contributed by atoms with Gasteiger partial charge in [0.05, 0.1) is 19.0 Å². The Morgan fingerprint density at radius 1 is 1.42 bits per heavy atom. The number of ether oxygens (including phenoxy) is 1. The largest absolute Gasteiger partial charge is 0.493 e. The molecule has 1 aromatic heterocycles. The topological polar surface area (TPSA) is 82.2 Å². The third-order valence-electron chi connectivity index (χ3n) is 2.61. The second-order valence-electron chi connectivity index (χ2n) is 3.94. The predicted molar refractivity (Wildman–Crippen MR) is 72.5 cm³/mol. The third kappa shape index (κ3) is 2.67. The summed E-state index contributed by atoms with van der Waals surface area (Å²) < 4.78 is 6.76. The van der Waals surface area contributed by atoms with Crippen molar-refractivity contribution >= 4 is 11.6 Å². The van der Waals surface area contributed by atoms with Gasteiger partial charge in [0.1, 0.15) is 0 Å². The first-order chi connectivity index (χ1) is 9.15. The molecule has 0 saturated carbocycles. The quantitative estimate of drug-likeness (QED) is 0.810. The molecule has 0 radical (unpaired) electrons. The van der Waals surface area contributed by atoms with E-state index < -0.39 is 0 Å². The van der Waals surface area contributed by atoms with Crippen molar-refractivity contribution < 1.29 is 9.53 Å². The lowest BCUT2D eigenvalue weighted by atomic mass is 10.3. The number of carbonyl (C=O) groups excluding carboxylic acids is 1. The minimum Gasteiger partial charge on any atom is -0.493 e.